The summed E-state index contributed by atoms with van der Waals surface area (Å²) in [6.07, 6.45) is 4.86. The number of carbonyl (C=O) groups is 1. The highest BCUT2D eigenvalue weighted by Gasteiger charge is 2.22. The van der Waals surface area contributed by atoms with Crippen molar-refractivity contribution in [1.82, 2.24) is 25.3 Å². The molecule has 1 atom stereocenters. The quantitative estimate of drug-likeness (QED) is 0.844. The fourth-order valence-electron chi connectivity index (χ4n) is 3.95. The van der Waals surface area contributed by atoms with E-state index >= 15 is 0 Å². The highest BCUT2D eigenvalue weighted by Crippen LogP contribution is 2.25. The van der Waals surface area contributed by atoms with Crippen molar-refractivity contribution in [1.29, 1.82) is 0 Å². The molecular weight excluding hydrogens is 342 g/mol. The van der Waals surface area contributed by atoms with Crippen molar-refractivity contribution in [2.45, 2.75) is 58.3 Å². The third-order valence-electron chi connectivity index (χ3n) is 5.57. The van der Waals surface area contributed by atoms with E-state index < -0.39 is 0 Å². The van der Waals surface area contributed by atoms with Gasteiger partial charge in [-0.1, -0.05) is 6.42 Å². The van der Waals surface area contributed by atoms with Crippen LogP contribution in [-0.4, -0.2) is 40.2 Å². The third-order valence-corrected chi connectivity index (χ3v) is 5.57. The van der Waals surface area contributed by atoms with Gasteiger partial charge >= 0.3 is 0 Å². The van der Waals surface area contributed by atoms with Crippen molar-refractivity contribution in [2.24, 2.45) is 0 Å². The summed E-state index contributed by atoms with van der Waals surface area (Å²) in [6.45, 7) is 7.54. The molecule has 146 valence electrons. The van der Waals surface area contributed by atoms with Gasteiger partial charge in [0.2, 0.25) is 0 Å². The molecule has 0 saturated carbocycles. The van der Waals surface area contributed by atoms with E-state index in [9.17, 15) is 4.79 Å². The lowest BCUT2D eigenvalue weighted by Gasteiger charge is -2.31. The summed E-state index contributed by atoms with van der Waals surface area (Å²) in [6, 6.07) is 5.98. The zero-order chi connectivity index (χ0) is 18.6. The van der Waals surface area contributed by atoms with Gasteiger partial charge in [-0.3, -0.25) is 14.4 Å². The van der Waals surface area contributed by atoms with Crippen LogP contribution in [0.5, 0.6) is 0 Å². The Hall–Kier alpha value is -2.12. The average molecular weight is 371 g/mol. The first kappa shape index (κ1) is 18.3. The Kier molecular flexibility index (Phi) is 5.59. The Labute approximate surface area is 160 Å². The standard InChI is InChI=1S/C20H29N5O2/c1-15(24-9-3-2-4-10-24)18-6-7-19(27-18)20(26)22-13-16-12-17-14-21-8-5-11-25(17)23-16/h6-7,12,15,21H,2-5,8-11,13-14H2,1H3,(H,22,26)/t15-/m1/s1. The van der Waals surface area contributed by atoms with E-state index in [2.05, 4.69) is 33.6 Å². The lowest BCUT2D eigenvalue weighted by molar-refractivity contribution is 0.0913. The second-order valence-corrected chi connectivity index (χ2v) is 7.54. The van der Waals surface area contributed by atoms with Gasteiger partial charge in [0, 0.05) is 13.1 Å². The van der Waals surface area contributed by atoms with Crippen molar-refractivity contribution < 1.29 is 9.21 Å². The SMILES string of the molecule is C[C@H](c1ccc(C(=O)NCc2cc3n(n2)CCCNC3)o1)N1CCCCC1. The third kappa shape index (κ3) is 4.25. The summed E-state index contributed by atoms with van der Waals surface area (Å²) in [5.74, 6) is 1.05. The molecule has 2 N–H and O–H groups in total. The number of piperidine rings is 1. The summed E-state index contributed by atoms with van der Waals surface area (Å²) < 4.78 is 7.89. The highest BCUT2D eigenvalue weighted by molar-refractivity contribution is 5.91. The van der Waals surface area contributed by atoms with Gasteiger partial charge < -0.3 is 15.1 Å². The summed E-state index contributed by atoms with van der Waals surface area (Å²) in [4.78, 5) is 14.9. The van der Waals surface area contributed by atoms with Crippen molar-refractivity contribution in [3.05, 3.63) is 41.1 Å². The van der Waals surface area contributed by atoms with E-state index in [1.54, 1.807) is 6.07 Å². The molecule has 0 radical (unpaired) electrons. The van der Waals surface area contributed by atoms with E-state index in [-0.39, 0.29) is 11.9 Å². The molecule has 0 bridgehead atoms. The molecule has 7 nitrogen and oxygen atoms in total. The van der Waals surface area contributed by atoms with Gasteiger partial charge in [0.25, 0.3) is 5.91 Å². The van der Waals surface area contributed by atoms with E-state index in [0.29, 0.717) is 12.3 Å². The van der Waals surface area contributed by atoms with Gasteiger partial charge in [0.05, 0.1) is 24.0 Å². The minimum atomic E-state index is -0.187. The molecule has 27 heavy (non-hydrogen) atoms. The maximum Gasteiger partial charge on any atom is 0.287 e. The second kappa shape index (κ2) is 8.27. The van der Waals surface area contributed by atoms with Crippen LogP contribution in [0.2, 0.25) is 0 Å². The smallest absolute Gasteiger partial charge is 0.287 e. The van der Waals surface area contributed by atoms with Crippen LogP contribution in [-0.2, 0) is 19.6 Å². The molecule has 2 aromatic heterocycles. The first-order valence-electron chi connectivity index (χ1n) is 10.1. The van der Waals surface area contributed by atoms with Crippen molar-refractivity contribution >= 4 is 5.91 Å². The fraction of sp³-hybridized carbons (Fsp3) is 0.600. The number of furan rings is 1. The summed E-state index contributed by atoms with van der Waals surface area (Å²) >= 11 is 0. The van der Waals surface area contributed by atoms with Gasteiger partial charge in [-0.2, -0.15) is 5.10 Å². The maximum atomic E-state index is 12.5. The van der Waals surface area contributed by atoms with Gasteiger partial charge in [0.1, 0.15) is 5.76 Å². The van der Waals surface area contributed by atoms with Crippen molar-refractivity contribution in [2.75, 3.05) is 19.6 Å². The molecule has 0 aliphatic carbocycles. The first-order chi connectivity index (χ1) is 13.2. The molecular formula is C20H29N5O2. The highest BCUT2D eigenvalue weighted by atomic mass is 16.4. The van der Waals surface area contributed by atoms with E-state index in [1.807, 2.05) is 10.7 Å². The van der Waals surface area contributed by atoms with Crippen LogP contribution in [0.15, 0.2) is 22.6 Å². The second-order valence-electron chi connectivity index (χ2n) is 7.54. The number of fused-ring (bicyclic) bond motifs is 1. The number of likely N-dealkylation sites (tertiary alicyclic amines) is 1. The number of nitrogens with one attached hydrogen (secondary N) is 2. The Bertz CT molecular complexity index is 752. The minimum Gasteiger partial charge on any atom is -0.454 e. The lowest BCUT2D eigenvalue weighted by Crippen LogP contribution is -2.32. The zero-order valence-corrected chi connectivity index (χ0v) is 16.0. The Balaban J connectivity index is 1.34. The first-order valence-corrected chi connectivity index (χ1v) is 10.1. The van der Waals surface area contributed by atoms with Crippen LogP contribution in [0.4, 0.5) is 0 Å². The number of hydrogen-bond donors (Lipinski definition) is 2. The molecule has 4 heterocycles. The summed E-state index contributed by atoms with van der Waals surface area (Å²) in [5.41, 5.74) is 2.06. The van der Waals surface area contributed by atoms with E-state index in [1.165, 1.54) is 25.0 Å². The monoisotopic (exact) mass is 371 g/mol. The molecule has 4 rings (SSSR count). The number of nitrogens with zero attached hydrogens (tertiary/aromatic N) is 3. The minimum absolute atomic E-state index is 0.187. The normalized spacial score (nSPS) is 19.3. The zero-order valence-electron chi connectivity index (χ0n) is 16.0. The molecule has 0 spiro atoms. The van der Waals surface area contributed by atoms with Crippen LogP contribution in [0.25, 0.3) is 0 Å². The Morgan fingerprint density at radius 3 is 2.96 bits per heavy atom. The molecule has 7 heteroatoms. The topological polar surface area (TPSA) is 75.3 Å². The molecule has 0 unspecified atom stereocenters. The Morgan fingerprint density at radius 1 is 1.26 bits per heavy atom. The Morgan fingerprint density at radius 2 is 2.11 bits per heavy atom. The van der Waals surface area contributed by atoms with Crippen LogP contribution in [0, 0.1) is 0 Å². The van der Waals surface area contributed by atoms with E-state index in [0.717, 1.165) is 50.6 Å². The number of carbonyl (C=O) groups excluding carboxylic acids is 1. The predicted octanol–water partition coefficient (Wildman–Crippen LogP) is 2.45. The van der Waals surface area contributed by atoms with Crippen LogP contribution in [0.1, 0.15) is 66.4 Å². The molecule has 2 aromatic rings. The fourth-order valence-corrected chi connectivity index (χ4v) is 3.95. The predicted molar refractivity (Wildman–Crippen MR) is 102 cm³/mol. The molecule has 1 fully saturated rings. The van der Waals surface area contributed by atoms with Crippen LogP contribution in [0.3, 0.4) is 0 Å². The van der Waals surface area contributed by atoms with Gasteiger partial charge in [0.15, 0.2) is 5.76 Å². The number of hydrogen-bond acceptors (Lipinski definition) is 5. The number of rotatable bonds is 5. The number of aryl methyl sites for hydroxylation is 1. The molecule has 1 saturated heterocycles. The van der Waals surface area contributed by atoms with Gasteiger partial charge in [-0.25, -0.2) is 0 Å². The maximum absolute atomic E-state index is 12.5. The van der Waals surface area contributed by atoms with Crippen molar-refractivity contribution in [3.63, 3.8) is 0 Å². The van der Waals surface area contributed by atoms with E-state index in [4.69, 9.17) is 4.42 Å². The van der Waals surface area contributed by atoms with Gasteiger partial charge in [-0.15, -0.1) is 0 Å². The largest absolute Gasteiger partial charge is 0.454 e. The summed E-state index contributed by atoms with van der Waals surface area (Å²) in [5, 5.41) is 10.9. The lowest BCUT2D eigenvalue weighted by atomic mass is 10.1. The van der Waals surface area contributed by atoms with Gasteiger partial charge in [-0.05, 0) is 64.0 Å². The molecule has 0 aromatic carbocycles. The van der Waals surface area contributed by atoms with Crippen LogP contribution < -0.4 is 10.6 Å². The summed E-state index contributed by atoms with van der Waals surface area (Å²) in [7, 11) is 0. The molecule has 2 aliphatic rings. The molecule has 2 aliphatic heterocycles. The molecule has 1 amide bonds. The average Bonchev–Trinajstić information content (AvgIpc) is 3.29. The van der Waals surface area contributed by atoms with Crippen LogP contribution >= 0.6 is 0 Å². The number of aromatic nitrogens is 2. The number of amides is 1. The van der Waals surface area contributed by atoms with Crippen molar-refractivity contribution in [3.8, 4) is 0 Å².